The molecule has 0 radical (unpaired) electrons. The molecule has 1 saturated carbocycles. The Morgan fingerprint density at radius 1 is 1.24 bits per heavy atom. The lowest BCUT2D eigenvalue weighted by atomic mass is 9.80. The first-order valence-corrected chi connectivity index (χ1v) is 9.15. The Balaban J connectivity index is 1.62. The fourth-order valence-electron chi connectivity index (χ4n) is 4.34. The van der Waals surface area contributed by atoms with Crippen molar-refractivity contribution in [2.24, 2.45) is 5.92 Å². The SMILES string of the molecule is CCc1nnc([C@]23CCC[C@H]2CN(C(=O)c2oc(CC)nc2C)C3)o1. The average Bonchev–Trinajstić information content (AvgIpc) is 3.35. The summed E-state index contributed by atoms with van der Waals surface area (Å²) in [6.45, 7) is 7.13. The molecule has 134 valence electrons. The summed E-state index contributed by atoms with van der Waals surface area (Å²) in [7, 11) is 0. The zero-order valence-electron chi connectivity index (χ0n) is 15.0. The van der Waals surface area contributed by atoms with Crippen molar-refractivity contribution in [3.05, 3.63) is 29.1 Å². The van der Waals surface area contributed by atoms with Crippen molar-refractivity contribution in [2.75, 3.05) is 13.1 Å². The third kappa shape index (κ3) is 2.48. The van der Waals surface area contributed by atoms with E-state index in [1.54, 1.807) is 0 Å². The van der Waals surface area contributed by atoms with Crippen LogP contribution in [0.25, 0.3) is 0 Å². The van der Waals surface area contributed by atoms with E-state index in [9.17, 15) is 4.79 Å². The minimum Gasteiger partial charge on any atom is -0.435 e. The monoisotopic (exact) mass is 344 g/mol. The molecular weight excluding hydrogens is 320 g/mol. The van der Waals surface area contributed by atoms with Crippen LogP contribution >= 0.6 is 0 Å². The van der Waals surface area contributed by atoms with Gasteiger partial charge in [-0.05, 0) is 25.7 Å². The highest BCUT2D eigenvalue weighted by molar-refractivity contribution is 5.92. The molecule has 0 spiro atoms. The number of hydrogen-bond donors (Lipinski definition) is 0. The summed E-state index contributed by atoms with van der Waals surface area (Å²) in [5.74, 6) is 2.64. The van der Waals surface area contributed by atoms with Crippen molar-refractivity contribution < 1.29 is 13.6 Å². The number of oxazole rings is 1. The van der Waals surface area contributed by atoms with Gasteiger partial charge in [0.1, 0.15) is 0 Å². The van der Waals surface area contributed by atoms with Gasteiger partial charge in [0.15, 0.2) is 5.89 Å². The molecular formula is C18H24N4O3. The fraction of sp³-hybridized carbons (Fsp3) is 0.667. The van der Waals surface area contributed by atoms with Crippen molar-refractivity contribution >= 4 is 5.91 Å². The van der Waals surface area contributed by atoms with E-state index in [-0.39, 0.29) is 11.3 Å². The number of amides is 1. The van der Waals surface area contributed by atoms with E-state index in [1.165, 1.54) is 0 Å². The lowest BCUT2D eigenvalue weighted by molar-refractivity contribution is 0.0741. The van der Waals surface area contributed by atoms with Crippen molar-refractivity contribution in [1.82, 2.24) is 20.1 Å². The standard InChI is InChI=1S/C18H24N4O3/c1-4-13-19-11(3)15(24-13)16(23)22-9-12-7-6-8-18(12,10-22)17-21-20-14(5-2)25-17/h12H,4-10H2,1-3H3/t12-,18-/m0/s1. The molecule has 0 N–H and O–H groups in total. The number of nitrogens with zero attached hydrogens (tertiary/aromatic N) is 4. The molecule has 2 aromatic heterocycles. The lowest BCUT2D eigenvalue weighted by Crippen LogP contribution is -2.35. The summed E-state index contributed by atoms with van der Waals surface area (Å²) in [5.41, 5.74) is 0.469. The summed E-state index contributed by atoms with van der Waals surface area (Å²) in [6, 6.07) is 0. The Hall–Kier alpha value is -2.18. The summed E-state index contributed by atoms with van der Waals surface area (Å²) in [6.07, 6.45) is 4.62. The first-order valence-electron chi connectivity index (χ1n) is 9.15. The molecule has 2 atom stereocenters. The number of fused-ring (bicyclic) bond motifs is 1. The summed E-state index contributed by atoms with van der Waals surface area (Å²) in [4.78, 5) is 19.2. The summed E-state index contributed by atoms with van der Waals surface area (Å²) < 4.78 is 11.6. The molecule has 1 aliphatic carbocycles. The summed E-state index contributed by atoms with van der Waals surface area (Å²) >= 11 is 0. The second kappa shape index (κ2) is 5.97. The Morgan fingerprint density at radius 2 is 2.04 bits per heavy atom. The molecule has 1 amide bonds. The first-order chi connectivity index (χ1) is 12.1. The maximum Gasteiger partial charge on any atom is 0.291 e. The van der Waals surface area contributed by atoms with E-state index in [1.807, 2.05) is 25.7 Å². The minimum atomic E-state index is -0.197. The van der Waals surface area contributed by atoms with Crippen molar-refractivity contribution in [1.29, 1.82) is 0 Å². The number of carbonyl (C=O) groups excluding carboxylic acids is 1. The molecule has 1 aliphatic heterocycles. The van der Waals surface area contributed by atoms with Gasteiger partial charge >= 0.3 is 0 Å². The highest BCUT2D eigenvalue weighted by Crippen LogP contribution is 2.50. The van der Waals surface area contributed by atoms with Crippen LogP contribution in [-0.2, 0) is 18.3 Å². The number of aryl methyl sites for hydroxylation is 3. The Kier molecular flexibility index (Phi) is 3.89. The van der Waals surface area contributed by atoms with Gasteiger partial charge in [0.05, 0.1) is 11.1 Å². The van der Waals surface area contributed by atoms with Crippen molar-refractivity contribution in [3.8, 4) is 0 Å². The molecule has 0 bridgehead atoms. The van der Waals surface area contributed by atoms with Gasteiger partial charge in [0, 0.05) is 25.9 Å². The van der Waals surface area contributed by atoms with Crippen LogP contribution < -0.4 is 0 Å². The molecule has 0 aromatic carbocycles. The van der Waals surface area contributed by atoms with E-state index < -0.39 is 0 Å². The van der Waals surface area contributed by atoms with Gasteiger partial charge in [0.25, 0.3) is 5.91 Å². The van der Waals surface area contributed by atoms with E-state index in [0.29, 0.717) is 54.6 Å². The van der Waals surface area contributed by atoms with E-state index >= 15 is 0 Å². The lowest BCUT2D eigenvalue weighted by Gasteiger charge is -2.24. The highest BCUT2D eigenvalue weighted by Gasteiger charge is 2.55. The second-order valence-corrected chi connectivity index (χ2v) is 7.16. The topological polar surface area (TPSA) is 85.3 Å². The largest absolute Gasteiger partial charge is 0.435 e. The Bertz CT molecular complexity index is 796. The van der Waals surface area contributed by atoms with E-state index in [2.05, 4.69) is 15.2 Å². The van der Waals surface area contributed by atoms with Crippen LogP contribution in [0.3, 0.4) is 0 Å². The molecule has 2 aromatic rings. The zero-order valence-corrected chi connectivity index (χ0v) is 15.0. The van der Waals surface area contributed by atoms with Gasteiger partial charge in [-0.2, -0.15) is 0 Å². The van der Waals surface area contributed by atoms with Gasteiger partial charge in [-0.3, -0.25) is 4.79 Å². The highest BCUT2D eigenvalue weighted by atomic mass is 16.4. The maximum absolute atomic E-state index is 13.0. The number of aromatic nitrogens is 3. The number of rotatable bonds is 4. The predicted octanol–water partition coefficient (Wildman–Crippen LogP) is 2.68. The number of hydrogen-bond acceptors (Lipinski definition) is 6. The fourth-order valence-corrected chi connectivity index (χ4v) is 4.34. The molecule has 7 nitrogen and oxygen atoms in total. The summed E-state index contributed by atoms with van der Waals surface area (Å²) in [5, 5.41) is 8.46. The maximum atomic E-state index is 13.0. The molecule has 25 heavy (non-hydrogen) atoms. The van der Waals surface area contributed by atoms with Crippen LogP contribution in [0, 0.1) is 12.8 Å². The van der Waals surface area contributed by atoms with Crippen LogP contribution in [0.15, 0.2) is 8.83 Å². The van der Waals surface area contributed by atoms with E-state index in [0.717, 1.165) is 25.7 Å². The molecule has 2 fully saturated rings. The average molecular weight is 344 g/mol. The Labute approximate surface area is 146 Å². The molecule has 0 unspecified atom stereocenters. The Morgan fingerprint density at radius 3 is 2.72 bits per heavy atom. The zero-order chi connectivity index (χ0) is 17.6. The predicted molar refractivity (Wildman–Crippen MR) is 89.2 cm³/mol. The van der Waals surface area contributed by atoms with Crippen LogP contribution in [0.2, 0.25) is 0 Å². The first kappa shape index (κ1) is 16.3. The van der Waals surface area contributed by atoms with E-state index in [4.69, 9.17) is 8.83 Å². The third-order valence-electron chi connectivity index (χ3n) is 5.69. The van der Waals surface area contributed by atoms with Crippen molar-refractivity contribution in [3.63, 3.8) is 0 Å². The quantitative estimate of drug-likeness (QED) is 0.848. The van der Waals surface area contributed by atoms with Gasteiger partial charge in [0.2, 0.25) is 17.5 Å². The van der Waals surface area contributed by atoms with Gasteiger partial charge in [-0.15, -0.1) is 10.2 Å². The van der Waals surface area contributed by atoms with Crippen LogP contribution in [-0.4, -0.2) is 39.1 Å². The second-order valence-electron chi connectivity index (χ2n) is 7.16. The number of carbonyl (C=O) groups is 1. The number of likely N-dealkylation sites (tertiary alicyclic amines) is 1. The molecule has 3 heterocycles. The third-order valence-corrected chi connectivity index (χ3v) is 5.69. The van der Waals surface area contributed by atoms with Crippen LogP contribution in [0.1, 0.15) is 67.0 Å². The normalized spacial score (nSPS) is 25.6. The van der Waals surface area contributed by atoms with Crippen LogP contribution in [0.4, 0.5) is 0 Å². The van der Waals surface area contributed by atoms with Gasteiger partial charge < -0.3 is 13.7 Å². The smallest absolute Gasteiger partial charge is 0.291 e. The molecule has 2 aliphatic rings. The van der Waals surface area contributed by atoms with Gasteiger partial charge in [-0.1, -0.05) is 20.3 Å². The van der Waals surface area contributed by atoms with Gasteiger partial charge in [-0.25, -0.2) is 4.98 Å². The molecule has 7 heteroatoms. The van der Waals surface area contributed by atoms with Crippen molar-refractivity contribution in [2.45, 2.75) is 58.3 Å². The van der Waals surface area contributed by atoms with Crippen LogP contribution in [0.5, 0.6) is 0 Å². The minimum absolute atomic E-state index is 0.0753. The molecule has 1 saturated heterocycles. The molecule has 4 rings (SSSR count).